The zero-order valence-corrected chi connectivity index (χ0v) is 15.8. The summed E-state index contributed by atoms with van der Waals surface area (Å²) in [5, 5.41) is 3.40. The van der Waals surface area contributed by atoms with Gasteiger partial charge in [-0.25, -0.2) is 0 Å². The van der Waals surface area contributed by atoms with Gasteiger partial charge in [0.25, 0.3) is 0 Å². The van der Waals surface area contributed by atoms with Crippen molar-refractivity contribution < 1.29 is 14.0 Å². The van der Waals surface area contributed by atoms with Gasteiger partial charge in [-0.3, -0.25) is 9.59 Å². The summed E-state index contributed by atoms with van der Waals surface area (Å²) in [5.41, 5.74) is 0.786. The van der Waals surface area contributed by atoms with Crippen molar-refractivity contribution in [3.63, 3.8) is 0 Å². The van der Waals surface area contributed by atoms with Crippen LogP contribution in [0.5, 0.6) is 0 Å². The molecule has 2 amide bonds. The van der Waals surface area contributed by atoms with Crippen molar-refractivity contribution in [3.05, 3.63) is 59.0 Å². The van der Waals surface area contributed by atoms with Gasteiger partial charge in [0.05, 0.1) is 0 Å². The molecule has 2 aromatic rings. The summed E-state index contributed by atoms with van der Waals surface area (Å²) >= 11 is 5.89. The first-order chi connectivity index (χ1) is 13.0. The van der Waals surface area contributed by atoms with Crippen LogP contribution in [0.15, 0.2) is 46.9 Å². The Kier molecular flexibility index (Phi) is 4.79. The van der Waals surface area contributed by atoms with Crippen molar-refractivity contribution in [1.29, 1.82) is 0 Å². The number of hydrogen-bond donors (Lipinski definition) is 1. The first-order valence-corrected chi connectivity index (χ1v) is 9.54. The Morgan fingerprint density at radius 2 is 2.00 bits per heavy atom. The van der Waals surface area contributed by atoms with E-state index in [-0.39, 0.29) is 11.8 Å². The summed E-state index contributed by atoms with van der Waals surface area (Å²) in [6.45, 7) is 2.76. The van der Waals surface area contributed by atoms with Crippen LogP contribution in [0.25, 0.3) is 6.08 Å². The van der Waals surface area contributed by atoms with Crippen LogP contribution in [0.2, 0.25) is 5.02 Å². The quantitative estimate of drug-likeness (QED) is 0.793. The first kappa shape index (κ1) is 17.9. The third kappa shape index (κ3) is 3.93. The van der Waals surface area contributed by atoms with E-state index in [0.717, 1.165) is 17.9 Å². The fourth-order valence-electron chi connectivity index (χ4n) is 3.44. The zero-order valence-electron chi connectivity index (χ0n) is 15.0. The minimum absolute atomic E-state index is 0.109. The number of anilines is 1. The number of carbonyl (C=O) groups is 2. The standard InChI is InChI=1S/C21H21ClN2O3/c1-13-12-17(13)19-8-6-16(27-19)7-9-20(25)23-18-10-11-24(21(18)26)15-4-2-14(22)3-5-15/h2-9,13,17-18H,10-12H2,1H3,(H,23,25)/b9-7+. The molecule has 1 aliphatic heterocycles. The van der Waals surface area contributed by atoms with E-state index in [9.17, 15) is 9.59 Å². The number of halogens is 1. The predicted octanol–water partition coefficient (Wildman–Crippen LogP) is 3.99. The monoisotopic (exact) mass is 384 g/mol. The van der Waals surface area contributed by atoms with Crippen molar-refractivity contribution in [2.75, 3.05) is 11.4 Å². The van der Waals surface area contributed by atoms with Crippen LogP contribution in [-0.4, -0.2) is 24.4 Å². The van der Waals surface area contributed by atoms with Gasteiger partial charge in [-0.2, -0.15) is 0 Å². The Hall–Kier alpha value is -2.53. The second kappa shape index (κ2) is 7.24. The largest absolute Gasteiger partial charge is 0.461 e. The molecular weight excluding hydrogens is 364 g/mol. The van der Waals surface area contributed by atoms with E-state index in [1.165, 1.54) is 6.08 Å². The second-order valence-electron chi connectivity index (χ2n) is 7.21. The molecular formula is C21H21ClN2O3. The van der Waals surface area contributed by atoms with Crippen molar-refractivity contribution in [3.8, 4) is 0 Å². The molecule has 1 aromatic carbocycles. The Bertz CT molecular complexity index is 887. The van der Waals surface area contributed by atoms with Crippen molar-refractivity contribution in [1.82, 2.24) is 5.32 Å². The average molecular weight is 385 g/mol. The van der Waals surface area contributed by atoms with E-state index in [4.69, 9.17) is 16.0 Å². The van der Waals surface area contributed by atoms with Crippen molar-refractivity contribution >= 4 is 35.2 Å². The molecule has 4 rings (SSSR count). The van der Waals surface area contributed by atoms with Gasteiger partial charge in [0.1, 0.15) is 17.6 Å². The molecule has 2 aliphatic rings. The van der Waals surface area contributed by atoms with Crippen LogP contribution >= 0.6 is 11.6 Å². The maximum Gasteiger partial charge on any atom is 0.249 e. The second-order valence-corrected chi connectivity index (χ2v) is 7.65. The highest BCUT2D eigenvalue weighted by molar-refractivity contribution is 6.30. The Balaban J connectivity index is 1.33. The van der Waals surface area contributed by atoms with E-state index < -0.39 is 6.04 Å². The third-order valence-electron chi connectivity index (χ3n) is 5.18. The molecule has 2 heterocycles. The number of amides is 2. The van der Waals surface area contributed by atoms with E-state index >= 15 is 0 Å². The summed E-state index contributed by atoms with van der Waals surface area (Å²) in [5.74, 6) is 2.40. The number of nitrogens with one attached hydrogen (secondary N) is 1. The number of nitrogens with zero attached hydrogens (tertiary/aromatic N) is 1. The summed E-state index contributed by atoms with van der Waals surface area (Å²) in [7, 11) is 0. The lowest BCUT2D eigenvalue weighted by atomic mass is 10.2. The van der Waals surface area contributed by atoms with E-state index in [0.29, 0.717) is 35.6 Å². The van der Waals surface area contributed by atoms with Gasteiger partial charge in [0.2, 0.25) is 11.8 Å². The molecule has 1 aliphatic carbocycles. The summed E-state index contributed by atoms with van der Waals surface area (Å²) in [6, 6.07) is 10.4. The Morgan fingerprint density at radius 1 is 1.26 bits per heavy atom. The van der Waals surface area contributed by atoms with Gasteiger partial charge in [0, 0.05) is 29.2 Å². The maximum absolute atomic E-state index is 12.6. The molecule has 5 nitrogen and oxygen atoms in total. The molecule has 0 radical (unpaired) electrons. The minimum Gasteiger partial charge on any atom is -0.461 e. The molecule has 3 atom stereocenters. The molecule has 1 N–H and O–H groups in total. The topological polar surface area (TPSA) is 62.6 Å². The van der Waals surface area contributed by atoms with Crippen LogP contribution < -0.4 is 10.2 Å². The number of rotatable bonds is 5. The lowest BCUT2D eigenvalue weighted by Gasteiger charge is -2.17. The predicted molar refractivity (Wildman–Crippen MR) is 105 cm³/mol. The van der Waals surface area contributed by atoms with E-state index in [1.807, 2.05) is 12.1 Å². The molecule has 3 unspecified atom stereocenters. The molecule has 0 spiro atoms. The minimum atomic E-state index is -0.516. The highest BCUT2D eigenvalue weighted by Crippen LogP contribution is 2.47. The highest BCUT2D eigenvalue weighted by Gasteiger charge is 2.36. The molecule has 1 saturated carbocycles. The van der Waals surface area contributed by atoms with Gasteiger partial charge >= 0.3 is 0 Å². The molecule has 27 heavy (non-hydrogen) atoms. The highest BCUT2D eigenvalue weighted by atomic mass is 35.5. The van der Waals surface area contributed by atoms with Crippen molar-refractivity contribution in [2.45, 2.75) is 31.7 Å². The van der Waals surface area contributed by atoms with Crippen LogP contribution in [0.4, 0.5) is 5.69 Å². The first-order valence-electron chi connectivity index (χ1n) is 9.16. The van der Waals surface area contributed by atoms with Crippen molar-refractivity contribution in [2.24, 2.45) is 5.92 Å². The number of furan rings is 1. The Labute approximate surface area is 163 Å². The van der Waals surface area contributed by atoms with Crippen LogP contribution in [0.1, 0.15) is 37.2 Å². The molecule has 140 valence electrons. The van der Waals surface area contributed by atoms with Crippen LogP contribution in [0, 0.1) is 5.92 Å². The molecule has 0 bridgehead atoms. The van der Waals surface area contributed by atoms with Gasteiger partial charge < -0.3 is 14.6 Å². The number of hydrogen-bond acceptors (Lipinski definition) is 3. The Morgan fingerprint density at radius 3 is 2.70 bits per heavy atom. The normalized spacial score (nSPS) is 24.6. The van der Waals surface area contributed by atoms with E-state index in [1.54, 1.807) is 35.2 Å². The van der Waals surface area contributed by atoms with E-state index in [2.05, 4.69) is 12.2 Å². The fraction of sp³-hybridized carbons (Fsp3) is 0.333. The third-order valence-corrected chi connectivity index (χ3v) is 5.43. The smallest absolute Gasteiger partial charge is 0.249 e. The number of benzene rings is 1. The lowest BCUT2D eigenvalue weighted by molar-refractivity contribution is -0.123. The molecule has 1 aromatic heterocycles. The lowest BCUT2D eigenvalue weighted by Crippen LogP contribution is -2.40. The summed E-state index contributed by atoms with van der Waals surface area (Å²) in [6.07, 6.45) is 4.79. The average Bonchev–Trinajstić information content (AvgIpc) is 3.04. The SMILES string of the molecule is CC1CC1c1ccc(/C=C/C(=O)NC2CCN(c3ccc(Cl)cc3)C2=O)o1. The molecule has 2 fully saturated rings. The summed E-state index contributed by atoms with van der Waals surface area (Å²) < 4.78 is 5.75. The van der Waals surface area contributed by atoms with Gasteiger partial charge in [0.15, 0.2) is 0 Å². The fourth-order valence-corrected chi connectivity index (χ4v) is 3.57. The zero-order chi connectivity index (χ0) is 19.0. The van der Waals surface area contributed by atoms with Gasteiger partial charge in [-0.15, -0.1) is 0 Å². The summed E-state index contributed by atoms with van der Waals surface area (Å²) in [4.78, 5) is 26.4. The van der Waals surface area contributed by atoms with Gasteiger partial charge in [-0.05, 0) is 61.2 Å². The molecule has 1 saturated heterocycles. The number of carbonyl (C=O) groups excluding carboxylic acids is 2. The molecule has 6 heteroatoms. The van der Waals surface area contributed by atoms with Gasteiger partial charge in [-0.1, -0.05) is 18.5 Å². The van der Waals surface area contributed by atoms with Crippen LogP contribution in [-0.2, 0) is 9.59 Å². The van der Waals surface area contributed by atoms with Crippen LogP contribution in [0.3, 0.4) is 0 Å². The maximum atomic E-state index is 12.6.